The average molecular weight is 536 g/mol. The molecule has 1 aliphatic rings. The molecule has 0 aliphatic carbocycles. The number of benzene rings is 3. The molecule has 3 aromatic carbocycles. The normalized spacial score (nSPS) is 14.7. The first-order valence-electron chi connectivity index (χ1n) is 12.5. The fourth-order valence-corrected chi connectivity index (χ4v) is 4.89. The van der Waals surface area contributed by atoms with Crippen LogP contribution in [0, 0.1) is 12.7 Å². The van der Waals surface area contributed by atoms with Crippen LogP contribution in [0.15, 0.2) is 63.8 Å². The zero-order valence-corrected chi connectivity index (χ0v) is 22.1. The molecule has 1 unspecified atom stereocenters. The Morgan fingerprint density at radius 3 is 2.47 bits per heavy atom. The highest BCUT2D eigenvalue weighted by molar-refractivity contribution is 6.32. The minimum atomic E-state index is -0.761. The van der Waals surface area contributed by atoms with Gasteiger partial charge in [0.25, 0.3) is 5.91 Å². The van der Waals surface area contributed by atoms with Crippen LogP contribution in [-0.4, -0.2) is 24.0 Å². The van der Waals surface area contributed by atoms with Gasteiger partial charge in [0, 0.05) is 11.6 Å². The molecule has 1 atom stereocenters. The molecular formula is C30H27ClFNO5. The number of halogens is 2. The van der Waals surface area contributed by atoms with Crippen molar-refractivity contribution in [3.8, 4) is 11.5 Å². The van der Waals surface area contributed by atoms with E-state index in [1.807, 2.05) is 19.9 Å². The summed E-state index contributed by atoms with van der Waals surface area (Å²) in [5.74, 6) is 0.288. The van der Waals surface area contributed by atoms with Gasteiger partial charge in [-0.05, 0) is 73.4 Å². The maximum atomic E-state index is 13.9. The number of carbonyl (C=O) groups excluding carboxylic acids is 1. The Kier molecular flexibility index (Phi) is 7.13. The Morgan fingerprint density at radius 2 is 1.76 bits per heavy atom. The van der Waals surface area contributed by atoms with Crippen molar-refractivity contribution in [3.05, 3.63) is 104 Å². The van der Waals surface area contributed by atoms with E-state index in [2.05, 4.69) is 0 Å². The second-order valence-electron chi connectivity index (χ2n) is 9.22. The summed E-state index contributed by atoms with van der Waals surface area (Å²) < 4.78 is 31.3. The predicted octanol–water partition coefficient (Wildman–Crippen LogP) is 6.83. The van der Waals surface area contributed by atoms with Crippen molar-refractivity contribution >= 4 is 28.5 Å². The number of hydrogen-bond donors (Lipinski definition) is 0. The van der Waals surface area contributed by atoms with Crippen molar-refractivity contribution in [2.75, 3.05) is 13.2 Å². The Labute approximate surface area is 224 Å². The summed E-state index contributed by atoms with van der Waals surface area (Å²) in [6.45, 7) is 6.77. The first-order valence-corrected chi connectivity index (χ1v) is 12.9. The monoisotopic (exact) mass is 535 g/mol. The number of hydrogen-bond acceptors (Lipinski definition) is 5. The lowest BCUT2D eigenvalue weighted by Crippen LogP contribution is -2.29. The molecule has 5 rings (SSSR count). The average Bonchev–Trinajstić information content (AvgIpc) is 3.17. The van der Waals surface area contributed by atoms with Crippen LogP contribution in [-0.2, 0) is 6.54 Å². The SMILES string of the molecule is CCCOc1ccc(C2c3c(oc4cc(C)c(Cl)cc4c3=O)C(=O)N2Cc2ccc(F)cc2)cc1OCC. The summed E-state index contributed by atoms with van der Waals surface area (Å²) in [4.78, 5) is 29.2. The van der Waals surface area contributed by atoms with Crippen LogP contribution in [0.2, 0.25) is 5.02 Å². The molecule has 1 aliphatic heterocycles. The molecule has 0 bridgehead atoms. The summed E-state index contributed by atoms with van der Waals surface area (Å²) in [5.41, 5.74) is 2.31. The van der Waals surface area contributed by atoms with Crippen molar-refractivity contribution in [2.45, 2.75) is 39.8 Å². The Hall–Kier alpha value is -3.84. The molecule has 0 spiro atoms. The van der Waals surface area contributed by atoms with Crippen molar-refractivity contribution < 1.29 is 23.1 Å². The van der Waals surface area contributed by atoms with Crippen LogP contribution in [0.1, 0.15) is 59.1 Å². The van der Waals surface area contributed by atoms with Gasteiger partial charge in [-0.15, -0.1) is 0 Å². The number of ether oxygens (including phenoxy) is 2. The molecule has 1 amide bonds. The molecular weight excluding hydrogens is 509 g/mol. The summed E-state index contributed by atoms with van der Waals surface area (Å²) in [6.07, 6.45) is 0.833. The maximum absolute atomic E-state index is 13.9. The van der Waals surface area contributed by atoms with Crippen LogP contribution in [0.3, 0.4) is 0 Å². The summed E-state index contributed by atoms with van der Waals surface area (Å²) in [5, 5.41) is 0.735. The number of rotatable bonds is 8. The lowest BCUT2D eigenvalue weighted by molar-refractivity contribution is 0.0714. The van der Waals surface area contributed by atoms with Crippen molar-refractivity contribution in [2.24, 2.45) is 0 Å². The third-order valence-corrected chi connectivity index (χ3v) is 6.97. The van der Waals surface area contributed by atoms with E-state index in [0.717, 1.165) is 12.0 Å². The first-order chi connectivity index (χ1) is 18.3. The van der Waals surface area contributed by atoms with E-state index in [1.165, 1.54) is 12.1 Å². The van der Waals surface area contributed by atoms with Gasteiger partial charge in [0.15, 0.2) is 16.9 Å². The quantitative estimate of drug-likeness (QED) is 0.247. The van der Waals surface area contributed by atoms with Gasteiger partial charge in [0.05, 0.1) is 30.2 Å². The van der Waals surface area contributed by atoms with Crippen LogP contribution in [0.25, 0.3) is 11.0 Å². The molecule has 196 valence electrons. The molecule has 8 heteroatoms. The van der Waals surface area contributed by atoms with Crippen LogP contribution < -0.4 is 14.9 Å². The van der Waals surface area contributed by atoms with Crippen LogP contribution in [0.5, 0.6) is 11.5 Å². The van der Waals surface area contributed by atoms with Gasteiger partial charge in [0.2, 0.25) is 5.76 Å². The maximum Gasteiger partial charge on any atom is 0.291 e. The standard InChI is InChI=1S/C30H27ClFNO5/c1-4-12-37-23-11-8-19(14-25(23)36-5-2)27-26-28(34)21-15-22(31)17(3)13-24(21)38-29(26)30(35)33(27)16-18-6-9-20(32)10-7-18/h6-11,13-15,27H,4-5,12,16H2,1-3H3. The van der Waals surface area contributed by atoms with Gasteiger partial charge in [-0.25, -0.2) is 4.39 Å². The molecule has 0 saturated carbocycles. The van der Waals surface area contributed by atoms with Crippen LogP contribution >= 0.6 is 11.6 Å². The second kappa shape index (κ2) is 10.5. The minimum absolute atomic E-state index is 0.0133. The Bertz CT molecular complexity index is 1580. The molecule has 0 saturated heterocycles. The van der Waals surface area contributed by atoms with Gasteiger partial charge in [-0.1, -0.05) is 36.7 Å². The molecule has 0 N–H and O–H groups in total. The van der Waals surface area contributed by atoms with Crippen molar-refractivity contribution in [1.82, 2.24) is 4.90 Å². The van der Waals surface area contributed by atoms with E-state index in [0.29, 0.717) is 51.8 Å². The van der Waals surface area contributed by atoms with Crippen LogP contribution in [0.4, 0.5) is 4.39 Å². The van der Waals surface area contributed by atoms with E-state index in [4.69, 9.17) is 25.5 Å². The molecule has 1 aromatic heterocycles. The zero-order chi connectivity index (χ0) is 27.0. The Balaban J connectivity index is 1.70. The van der Waals surface area contributed by atoms with E-state index in [9.17, 15) is 14.0 Å². The third kappa shape index (κ3) is 4.63. The summed E-state index contributed by atoms with van der Waals surface area (Å²) in [7, 11) is 0. The minimum Gasteiger partial charge on any atom is -0.490 e. The van der Waals surface area contributed by atoms with Crippen molar-refractivity contribution in [1.29, 1.82) is 0 Å². The van der Waals surface area contributed by atoms with Gasteiger partial charge in [0.1, 0.15) is 11.4 Å². The number of aryl methyl sites for hydroxylation is 1. The first kappa shape index (κ1) is 25.8. The molecule has 0 fully saturated rings. The number of carbonyl (C=O) groups is 1. The van der Waals surface area contributed by atoms with Gasteiger partial charge in [-0.2, -0.15) is 0 Å². The lowest BCUT2D eigenvalue weighted by atomic mass is 9.97. The van der Waals surface area contributed by atoms with Crippen molar-refractivity contribution in [3.63, 3.8) is 0 Å². The summed E-state index contributed by atoms with van der Waals surface area (Å²) in [6, 6.07) is 13.8. The topological polar surface area (TPSA) is 69.0 Å². The molecule has 4 aromatic rings. The van der Waals surface area contributed by atoms with E-state index in [1.54, 1.807) is 48.2 Å². The number of fused-ring (bicyclic) bond motifs is 2. The smallest absolute Gasteiger partial charge is 0.291 e. The number of nitrogens with zero attached hydrogens (tertiary/aromatic N) is 1. The highest BCUT2D eigenvalue weighted by Crippen LogP contribution is 2.42. The largest absolute Gasteiger partial charge is 0.490 e. The molecule has 0 radical (unpaired) electrons. The van der Waals surface area contributed by atoms with Gasteiger partial charge >= 0.3 is 0 Å². The summed E-state index contributed by atoms with van der Waals surface area (Å²) >= 11 is 6.34. The highest BCUT2D eigenvalue weighted by Gasteiger charge is 2.43. The lowest BCUT2D eigenvalue weighted by Gasteiger charge is -2.26. The predicted molar refractivity (Wildman–Crippen MR) is 144 cm³/mol. The highest BCUT2D eigenvalue weighted by atomic mass is 35.5. The van der Waals surface area contributed by atoms with E-state index < -0.39 is 11.9 Å². The molecule has 6 nitrogen and oxygen atoms in total. The molecule has 2 heterocycles. The van der Waals surface area contributed by atoms with Gasteiger partial charge in [-0.3, -0.25) is 9.59 Å². The fourth-order valence-electron chi connectivity index (χ4n) is 4.73. The zero-order valence-electron chi connectivity index (χ0n) is 21.3. The Morgan fingerprint density at radius 1 is 1.00 bits per heavy atom. The van der Waals surface area contributed by atoms with E-state index in [-0.39, 0.29) is 29.1 Å². The second-order valence-corrected chi connectivity index (χ2v) is 9.63. The molecule has 38 heavy (non-hydrogen) atoms. The fraction of sp³-hybridized carbons (Fsp3) is 0.267. The number of amides is 1. The third-order valence-electron chi connectivity index (χ3n) is 6.56. The van der Waals surface area contributed by atoms with E-state index >= 15 is 0 Å². The van der Waals surface area contributed by atoms with Gasteiger partial charge < -0.3 is 18.8 Å².